The van der Waals surface area contributed by atoms with Crippen LogP contribution < -0.4 is 5.73 Å². The number of hydrogen-bond donors (Lipinski definition) is 1. The van der Waals surface area contributed by atoms with Gasteiger partial charge in [-0.25, -0.2) is 4.39 Å². The molecule has 0 saturated heterocycles. The van der Waals surface area contributed by atoms with E-state index in [-0.39, 0.29) is 11.9 Å². The summed E-state index contributed by atoms with van der Waals surface area (Å²) in [6, 6.07) is 13.2. The van der Waals surface area contributed by atoms with Gasteiger partial charge in [0.15, 0.2) is 0 Å². The maximum absolute atomic E-state index is 13.1. The van der Waals surface area contributed by atoms with Crippen molar-refractivity contribution < 1.29 is 4.39 Å². The van der Waals surface area contributed by atoms with Crippen molar-refractivity contribution in [2.45, 2.75) is 18.9 Å². The van der Waals surface area contributed by atoms with Crippen molar-refractivity contribution in [3.8, 4) is 0 Å². The Bertz CT molecular complexity index is 572. The van der Waals surface area contributed by atoms with Crippen LogP contribution in [0.4, 0.5) is 4.39 Å². The largest absolute Gasteiger partial charge is 0.327 e. The Labute approximate surface area is 129 Å². The first-order valence-corrected chi connectivity index (χ1v) is 7.57. The van der Waals surface area contributed by atoms with Crippen LogP contribution in [0.1, 0.15) is 11.1 Å². The first-order valence-electron chi connectivity index (χ1n) is 5.98. The quantitative estimate of drug-likeness (QED) is 0.824. The monoisotopic (exact) mass is 385 g/mol. The highest BCUT2D eigenvalue weighted by molar-refractivity contribution is 9.10. The standard InChI is InChI=1S/C15H14Br2FN/c16-12-3-1-2-10(6-12)7-13(19)8-11-4-5-15(18)14(17)9-11/h1-6,9,13H,7-8,19H2. The summed E-state index contributed by atoms with van der Waals surface area (Å²) in [5, 5.41) is 0. The lowest BCUT2D eigenvalue weighted by Gasteiger charge is -2.12. The SMILES string of the molecule is NC(Cc1cccc(Br)c1)Cc1ccc(F)c(Br)c1. The van der Waals surface area contributed by atoms with Gasteiger partial charge >= 0.3 is 0 Å². The average molecular weight is 387 g/mol. The Kier molecular flexibility index (Phi) is 5.13. The summed E-state index contributed by atoms with van der Waals surface area (Å²) in [5.74, 6) is -0.246. The molecule has 0 aliphatic heterocycles. The summed E-state index contributed by atoms with van der Waals surface area (Å²) >= 11 is 6.64. The molecule has 0 bridgehead atoms. The van der Waals surface area contributed by atoms with E-state index in [0.29, 0.717) is 4.47 Å². The van der Waals surface area contributed by atoms with Gasteiger partial charge < -0.3 is 5.73 Å². The minimum Gasteiger partial charge on any atom is -0.327 e. The van der Waals surface area contributed by atoms with Crippen LogP contribution in [0.2, 0.25) is 0 Å². The predicted octanol–water partition coefficient (Wildman–Crippen LogP) is 4.46. The van der Waals surface area contributed by atoms with Gasteiger partial charge in [-0.2, -0.15) is 0 Å². The predicted molar refractivity (Wildman–Crippen MR) is 83.6 cm³/mol. The fourth-order valence-electron chi connectivity index (χ4n) is 2.01. The van der Waals surface area contributed by atoms with E-state index in [1.165, 1.54) is 11.6 Å². The van der Waals surface area contributed by atoms with Crippen LogP contribution in [0.15, 0.2) is 51.4 Å². The third-order valence-electron chi connectivity index (χ3n) is 2.87. The van der Waals surface area contributed by atoms with Crippen LogP contribution in [-0.2, 0) is 12.8 Å². The number of nitrogens with two attached hydrogens (primary N) is 1. The molecule has 0 amide bonds. The number of benzene rings is 2. The Morgan fingerprint density at radius 1 is 1.00 bits per heavy atom. The maximum Gasteiger partial charge on any atom is 0.137 e. The van der Waals surface area contributed by atoms with E-state index in [1.54, 1.807) is 12.1 Å². The van der Waals surface area contributed by atoms with Gasteiger partial charge in [-0.3, -0.25) is 0 Å². The number of rotatable bonds is 4. The van der Waals surface area contributed by atoms with Gasteiger partial charge in [-0.15, -0.1) is 0 Å². The molecule has 2 N–H and O–H groups in total. The lowest BCUT2D eigenvalue weighted by molar-refractivity contribution is 0.617. The van der Waals surface area contributed by atoms with Gasteiger partial charge in [0, 0.05) is 10.5 Å². The normalized spacial score (nSPS) is 12.4. The molecule has 0 radical (unpaired) electrons. The van der Waals surface area contributed by atoms with Gasteiger partial charge in [0.2, 0.25) is 0 Å². The molecule has 0 aliphatic rings. The Balaban J connectivity index is 2.01. The molecule has 0 spiro atoms. The molecule has 1 atom stereocenters. The van der Waals surface area contributed by atoms with E-state index in [2.05, 4.69) is 44.0 Å². The zero-order chi connectivity index (χ0) is 13.8. The highest BCUT2D eigenvalue weighted by Gasteiger charge is 2.08. The van der Waals surface area contributed by atoms with Crippen LogP contribution in [0.5, 0.6) is 0 Å². The van der Waals surface area contributed by atoms with Crippen molar-refractivity contribution >= 4 is 31.9 Å². The third kappa shape index (κ3) is 4.41. The molecule has 0 heterocycles. The summed E-state index contributed by atoms with van der Waals surface area (Å²) in [6.07, 6.45) is 1.53. The molecular formula is C15H14Br2FN. The van der Waals surface area contributed by atoms with Crippen LogP contribution >= 0.6 is 31.9 Å². The molecule has 2 aromatic rings. The molecule has 2 rings (SSSR count). The van der Waals surface area contributed by atoms with E-state index in [0.717, 1.165) is 22.9 Å². The van der Waals surface area contributed by atoms with Gasteiger partial charge in [0.1, 0.15) is 5.82 Å². The highest BCUT2D eigenvalue weighted by atomic mass is 79.9. The third-order valence-corrected chi connectivity index (χ3v) is 3.97. The molecule has 19 heavy (non-hydrogen) atoms. The highest BCUT2D eigenvalue weighted by Crippen LogP contribution is 2.19. The summed E-state index contributed by atoms with van der Waals surface area (Å²) in [5.41, 5.74) is 8.39. The second kappa shape index (κ2) is 6.64. The van der Waals surface area contributed by atoms with Crippen LogP contribution in [0, 0.1) is 5.82 Å². The molecule has 1 nitrogen and oxygen atoms in total. The lowest BCUT2D eigenvalue weighted by atomic mass is 10.00. The topological polar surface area (TPSA) is 26.0 Å². The number of hydrogen-bond acceptors (Lipinski definition) is 1. The van der Waals surface area contributed by atoms with Crippen molar-refractivity contribution in [1.82, 2.24) is 0 Å². The summed E-state index contributed by atoms with van der Waals surface area (Å²) in [4.78, 5) is 0. The fraction of sp³-hybridized carbons (Fsp3) is 0.200. The van der Waals surface area contributed by atoms with Crippen LogP contribution in [-0.4, -0.2) is 6.04 Å². The lowest BCUT2D eigenvalue weighted by Crippen LogP contribution is -2.25. The second-order valence-electron chi connectivity index (χ2n) is 4.55. The zero-order valence-corrected chi connectivity index (χ0v) is 13.4. The van der Waals surface area contributed by atoms with Crippen molar-refractivity contribution in [3.63, 3.8) is 0 Å². The Hall–Kier alpha value is -0.710. The minimum absolute atomic E-state index is 0.0201. The zero-order valence-electron chi connectivity index (χ0n) is 10.2. The van der Waals surface area contributed by atoms with Crippen LogP contribution in [0.25, 0.3) is 0 Å². The van der Waals surface area contributed by atoms with E-state index in [4.69, 9.17) is 5.73 Å². The average Bonchev–Trinajstić information content (AvgIpc) is 2.34. The molecule has 0 saturated carbocycles. The molecule has 0 fully saturated rings. The number of halogens is 3. The minimum atomic E-state index is -0.246. The van der Waals surface area contributed by atoms with Gasteiger partial charge in [0.05, 0.1) is 4.47 Å². The molecule has 4 heteroatoms. The van der Waals surface area contributed by atoms with Gasteiger partial charge in [0.25, 0.3) is 0 Å². The smallest absolute Gasteiger partial charge is 0.137 e. The first-order chi connectivity index (χ1) is 9.04. The summed E-state index contributed by atoms with van der Waals surface area (Å²) < 4.78 is 14.7. The van der Waals surface area contributed by atoms with E-state index >= 15 is 0 Å². The van der Waals surface area contributed by atoms with Crippen molar-refractivity contribution in [1.29, 1.82) is 0 Å². The Morgan fingerprint density at radius 3 is 2.32 bits per heavy atom. The molecule has 0 aromatic heterocycles. The van der Waals surface area contributed by atoms with E-state index < -0.39 is 0 Å². The fourth-order valence-corrected chi connectivity index (χ4v) is 2.88. The Morgan fingerprint density at radius 2 is 1.68 bits per heavy atom. The van der Waals surface area contributed by atoms with E-state index in [9.17, 15) is 4.39 Å². The van der Waals surface area contributed by atoms with Crippen LogP contribution in [0.3, 0.4) is 0 Å². The molecule has 100 valence electrons. The second-order valence-corrected chi connectivity index (χ2v) is 6.32. The van der Waals surface area contributed by atoms with Crippen molar-refractivity contribution in [3.05, 3.63) is 68.4 Å². The summed E-state index contributed by atoms with van der Waals surface area (Å²) in [7, 11) is 0. The molecule has 2 aromatic carbocycles. The van der Waals surface area contributed by atoms with Gasteiger partial charge in [-0.1, -0.05) is 34.1 Å². The molecule has 0 aliphatic carbocycles. The van der Waals surface area contributed by atoms with Gasteiger partial charge in [-0.05, 0) is 64.2 Å². The summed E-state index contributed by atoms with van der Waals surface area (Å²) in [6.45, 7) is 0. The first kappa shape index (κ1) is 14.7. The van der Waals surface area contributed by atoms with Crippen molar-refractivity contribution in [2.75, 3.05) is 0 Å². The molecule has 1 unspecified atom stereocenters. The molecular weight excluding hydrogens is 373 g/mol. The van der Waals surface area contributed by atoms with E-state index in [1.807, 2.05) is 12.1 Å². The van der Waals surface area contributed by atoms with Crippen molar-refractivity contribution in [2.24, 2.45) is 5.73 Å². The maximum atomic E-state index is 13.1.